The second-order valence-electron chi connectivity index (χ2n) is 10.8. The third-order valence-corrected chi connectivity index (χ3v) is 11.8. The van der Waals surface area contributed by atoms with Crippen molar-refractivity contribution in [1.82, 2.24) is 14.7 Å². The molecule has 3 rings (SSSR count). The number of aliphatic hydroxyl groups is 1. The zero-order chi connectivity index (χ0) is 27.5. The summed E-state index contributed by atoms with van der Waals surface area (Å²) in [6.07, 6.45) is 7.76. The second-order valence-corrected chi connectivity index (χ2v) is 13.5. The van der Waals surface area contributed by atoms with E-state index in [2.05, 4.69) is 36.0 Å². The van der Waals surface area contributed by atoms with Gasteiger partial charge < -0.3 is 19.8 Å². The number of fused-ring (bicyclic) bond motifs is 1. The van der Waals surface area contributed by atoms with E-state index < -0.39 is 28.7 Å². The van der Waals surface area contributed by atoms with Crippen molar-refractivity contribution >= 4 is 45.4 Å². The average molecular weight is 599 g/mol. The summed E-state index contributed by atoms with van der Waals surface area (Å²) in [6, 6.07) is -1.21. The van der Waals surface area contributed by atoms with Gasteiger partial charge in [0, 0.05) is 36.8 Å². The molecule has 0 aromatic heterocycles. The van der Waals surface area contributed by atoms with E-state index in [1.54, 1.807) is 40.8 Å². The van der Waals surface area contributed by atoms with E-state index in [1.165, 1.54) is 0 Å². The fourth-order valence-electron chi connectivity index (χ4n) is 6.51. The third-order valence-electron chi connectivity index (χ3n) is 8.56. The van der Waals surface area contributed by atoms with Crippen LogP contribution in [0.1, 0.15) is 52.9 Å². The maximum absolute atomic E-state index is 14.4. The highest BCUT2D eigenvalue weighted by Crippen LogP contribution is 2.68. The lowest BCUT2D eigenvalue weighted by atomic mass is 9.70. The van der Waals surface area contributed by atoms with Gasteiger partial charge in [-0.2, -0.15) is 0 Å². The number of alkyl halides is 1. The minimum Gasteiger partial charge on any atom is -0.394 e. The van der Waals surface area contributed by atoms with Crippen molar-refractivity contribution in [2.24, 2.45) is 17.8 Å². The van der Waals surface area contributed by atoms with Crippen molar-refractivity contribution in [3.8, 4) is 0 Å². The highest BCUT2D eigenvalue weighted by atomic mass is 79.9. The van der Waals surface area contributed by atoms with Gasteiger partial charge in [0.2, 0.25) is 17.7 Å². The van der Waals surface area contributed by atoms with Crippen LogP contribution < -0.4 is 0 Å². The van der Waals surface area contributed by atoms with Crippen LogP contribution in [0.5, 0.6) is 0 Å². The van der Waals surface area contributed by atoms with E-state index in [9.17, 15) is 19.5 Å². The number of nitrogens with zero attached hydrogens (tertiary/aromatic N) is 3. The standard InChI is InChI=1S/C28H44BrN3O4S/c1-7-11-12-15-31(14-9-3)27(36)24-28-16-19(29)23(37-28)21(25(34)30(6)13-8-2)22(28)26(35)32(24)20(17-33)18(5)10-4/h8-9,18-24,33H,2-3,7,10-17H2,1,4-6H3/t18-,19?,20-,21-,22-,23-,24?,28?/m0/s1. The number of amides is 3. The third kappa shape index (κ3) is 5.29. The molecule has 37 heavy (non-hydrogen) atoms. The summed E-state index contributed by atoms with van der Waals surface area (Å²) in [5.41, 5.74) is 0. The van der Waals surface area contributed by atoms with Crippen LogP contribution in [0.25, 0.3) is 0 Å². The van der Waals surface area contributed by atoms with E-state index in [1.807, 2.05) is 18.7 Å². The number of carbonyl (C=O) groups is 3. The molecule has 3 amide bonds. The first kappa shape index (κ1) is 30.2. The molecule has 3 aliphatic rings. The molecule has 3 fully saturated rings. The molecule has 3 aliphatic heterocycles. The number of unbranched alkanes of at least 4 members (excludes halogenated alkanes) is 2. The number of hydrogen-bond donors (Lipinski definition) is 1. The van der Waals surface area contributed by atoms with Crippen LogP contribution in [0.2, 0.25) is 0 Å². The van der Waals surface area contributed by atoms with E-state index in [-0.39, 0.29) is 40.3 Å². The van der Waals surface area contributed by atoms with Crippen molar-refractivity contribution < 1.29 is 19.5 Å². The van der Waals surface area contributed by atoms with Crippen LogP contribution in [0.3, 0.4) is 0 Å². The van der Waals surface area contributed by atoms with Crippen LogP contribution in [-0.2, 0) is 14.4 Å². The number of thioether (sulfide) groups is 1. The summed E-state index contributed by atoms with van der Waals surface area (Å²) in [5.74, 6) is -1.44. The van der Waals surface area contributed by atoms with Gasteiger partial charge in [-0.15, -0.1) is 24.9 Å². The highest BCUT2D eigenvalue weighted by molar-refractivity contribution is 9.09. The molecule has 0 aromatic carbocycles. The molecule has 0 saturated carbocycles. The molecule has 3 saturated heterocycles. The molecule has 1 N–H and O–H groups in total. The topological polar surface area (TPSA) is 81.2 Å². The summed E-state index contributed by atoms with van der Waals surface area (Å²) in [6.45, 7) is 15.0. The minimum absolute atomic E-state index is 0.00646. The van der Waals surface area contributed by atoms with Gasteiger partial charge in [0.05, 0.1) is 29.2 Å². The molecule has 0 aliphatic carbocycles. The van der Waals surface area contributed by atoms with Crippen molar-refractivity contribution in [2.45, 2.75) is 79.8 Å². The molecule has 9 heteroatoms. The highest BCUT2D eigenvalue weighted by Gasteiger charge is 2.76. The van der Waals surface area contributed by atoms with Gasteiger partial charge in [0.1, 0.15) is 6.04 Å². The number of aliphatic hydroxyl groups excluding tert-OH is 1. The number of likely N-dealkylation sites (tertiary alicyclic amines) is 1. The van der Waals surface area contributed by atoms with E-state index >= 15 is 0 Å². The summed E-state index contributed by atoms with van der Waals surface area (Å²) in [7, 11) is 1.74. The largest absolute Gasteiger partial charge is 0.394 e. The Morgan fingerprint density at radius 3 is 2.49 bits per heavy atom. The lowest BCUT2D eigenvalue weighted by Gasteiger charge is -2.41. The van der Waals surface area contributed by atoms with Gasteiger partial charge in [0.15, 0.2) is 0 Å². The van der Waals surface area contributed by atoms with Crippen LogP contribution in [0.4, 0.5) is 0 Å². The number of rotatable bonds is 14. The van der Waals surface area contributed by atoms with Crippen LogP contribution >= 0.6 is 27.7 Å². The molecule has 3 unspecified atom stereocenters. The number of carbonyl (C=O) groups excluding carboxylic acids is 3. The fourth-order valence-corrected chi connectivity index (χ4v) is 10.1. The van der Waals surface area contributed by atoms with Crippen LogP contribution in [0, 0.1) is 17.8 Å². The smallest absolute Gasteiger partial charge is 0.247 e. The van der Waals surface area contributed by atoms with Crippen molar-refractivity contribution in [3.05, 3.63) is 25.3 Å². The molecular formula is C28H44BrN3O4S. The Labute approximate surface area is 235 Å². The van der Waals surface area contributed by atoms with Gasteiger partial charge in [-0.25, -0.2) is 0 Å². The van der Waals surface area contributed by atoms with Crippen molar-refractivity contribution in [1.29, 1.82) is 0 Å². The summed E-state index contributed by atoms with van der Waals surface area (Å²) in [5, 5.41) is 10.4. The first-order valence-electron chi connectivity index (χ1n) is 13.6. The Bertz CT molecular complexity index is 887. The van der Waals surface area contributed by atoms with Gasteiger partial charge in [-0.3, -0.25) is 14.4 Å². The van der Waals surface area contributed by atoms with Gasteiger partial charge >= 0.3 is 0 Å². The molecule has 2 bridgehead atoms. The second kappa shape index (κ2) is 12.7. The number of halogens is 1. The zero-order valence-corrected chi connectivity index (χ0v) is 25.2. The Morgan fingerprint density at radius 2 is 1.92 bits per heavy atom. The number of likely N-dealkylation sites (N-methyl/N-ethyl adjacent to an activating group) is 1. The maximum Gasteiger partial charge on any atom is 0.247 e. The van der Waals surface area contributed by atoms with Crippen LogP contribution in [0.15, 0.2) is 25.3 Å². The summed E-state index contributed by atoms with van der Waals surface area (Å²) < 4.78 is -0.715. The lowest BCUT2D eigenvalue weighted by Crippen LogP contribution is -2.59. The molecular weight excluding hydrogens is 554 g/mol. The zero-order valence-electron chi connectivity index (χ0n) is 22.8. The average Bonchev–Trinajstić information content (AvgIpc) is 3.47. The molecule has 3 heterocycles. The maximum atomic E-state index is 14.4. The minimum atomic E-state index is -0.727. The predicted octanol–water partition coefficient (Wildman–Crippen LogP) is 3.71. The van der Waals surface area contributed by atoms with Crippen molar-refractivity contribution in [3.63, 3.8) is 0 Å². The Kier molecular flexibility index (Phi) is 10.4. The predicted molar refractivity (Wildman–Crippen MR) is 154 cm³/mol. The quantitative estimate of drug-likeness (QED) is 0.187. The Balaban J connectivity index is 2.11. The van der Waals surface area contributed by atoms with E-state index in [0.717, 1.165) is 25.7 Å². The first-order valence-corrected chi connectivity index (χ1v) is 15.4. The first-order chi connectivity index (χ1) is 17.6. The van der Waals surface area contributed by atoms with E-state index in [0.29, 0.717) is 26.1 Å². The molecule has 1 spiro atoms. The van der Waals surface area contributed by atoms with Crippen LogP contribution in [-0.4, -0.2) is 97.7 Å². The normalized spacial score (nSPS) is 31.7. The molecule has 0 radical (unpaired) electrons. The van der Waals surface area contributed by atoms with E-state index in [4.69, 9.17) is 0 Å². The number of hydrogen-bond acceptors (Lipinski definition) is 5. The summed E-state index contributed by atoms with van der Waals surface area (Å²) >= 11 is 5.47. The molecule has 208 valence electrons. The SMILES string of the molecule is C=CCN(C)C(=O)[C@H]1[C@H]2C(=O)N([C@@H](CO)[C@@H](C)CC)C(C(=O)N(CC=C)CCCCC)C23CC(Br)[C@@H]1S3. The Hall–Kier alpha value is -1.32. The molecule has 8 atom stereocenters. The lowest BCUT2D eigenvalue weighted by molar-refractivity contribution is -0.147. The van der Waals surface area contributed by atoms with Gasteiger partial charge in [0.25, 0.3) is 0 Å². The Morgan fingerprint density at radius 1 is 1.24 bits per heavy atom. The summed E-state index contributed by atoms with van der Waals surface area (Å²) in [4.78, 5) is 47.6. The molecule has 7 nitrogen and oxygen atoms in total. The van der Waals surface area contributed by atoms with Gasteiger partial charge in [-0.1, -0.05) is 68.1 Å². The fraction of sp³-hybridized carbons (Fsp3) is 0.750. The monoisotopic (exact) mass is 597 g/mol. The van der Waals surface area contributed by atoms with Crippen molar-refractivity contribution in [2.75, 3.05) is 33.3 Å². The van der Waals surface area contributed by atoms with Gasteiger partial charge in [-0.05, 0) is 18.8 Å². The molecule has 0 aromatic rings.